The maximum atomic E-state index is 12.1. The quantitative estimate of drug-likeness (QED) is 0.324. The van der Waals surface area contributed by atoms with Crippen LogP contribution in [0, 0.1) is 0 Å². The monoisotopic (exact) mass is 379 g/mol. The van der Waals surface area contributed by atoms with Crippen LogP contribution in [0.25, 0.3) is 0 Å². The van der Waals surface area contributed by atoms with Gasteiger partial charge in [-0.2, -0.15) is 0 Å². The summed E-state index contributed by atoms with van der Waals surface area (Å²) in [5.41, 5.74) is 2.17. The fourth-order valence-corrected chi connectivity index (χ4v) is 4.27. The normalized spacial score (nSPS) is 15.6. The van der Waals surface area contributed by atoms with E-state index in [1.807, 2.05) is 35.8 Å². The number of ether oxygens (including phenoxy) is 2. The van der Waals surface area contributed by atoms with E-state index in [0.717, 1.165) is 15.5 Å². The van der Waals surface area contributed by atoms with Crippen LogP contribution in [0.15, 0.2) is 58.8 Å². The topological polar surface area (TPSA) is 82.5 Å². The molecule has 1 N–H and O–H groups in total. The maximum Gasteiger partial charge on any atom is 0.423 e. The molecule has 2 aliphatic heterocycles. The van der Waals surface area contributed by atoms with E-state index in [4.69, 9.17) is 9.47 Å². The molecule has 0 radical (unpaired) electrons. The first-order valence-electron chi connectivity index (χ1n) is 8.28. The van der Waals surface area contributed by atoms with E-state index in [-0.39, 0.29) is 6.04 Å². The number of nitrogens with one attached hydrogen (secondary N) is 1. The Hall–Kier alpha value is -3.26. The smallest absolute Gasteiger partial charge is 0.418 e. The number of rotatable bonds is 2. The van der Waals surface area contributed by atoms with Crippen LogP contribution in [-0.2, 0) is 9.59 Å². The predicted molar refractivity (Wildman–Crippen MR) is 97.6 cm³/mol. The molecule has 8 heteroatoms. The van der Waals surface area contributed by atoms with Crippen molar-refractivity contribution in [2.75, 3.05) is 5.32 Å². The van der Waals surface area contributed by atoms with Gasteiger partial charge in [0.15, 0.2) is 5.75 Å². The number of hydrogen-bond donors (Lipinski definition) is 1. The summed E-state index contributed by atoms with van der Waals surface area (Å²) in [5.74, 6) is -1.45. The Morgan fingerprint density at radius 2 is 1.96 bits per heavy atom. The van der Waals surface area contributed by atoms with E-state index in [2.05, 4.69) is 10.3 Å². The predicted octanol–water partition coefficient (Wildman–Crippen LogP) is 3.53. The molecule has 0 saturated heterocycles. The molecule has 2 aromatic carbocycles. The number of hydrogen-bond acceptors (Lipinski definition) is 7. The molecule has 3 aromatic rings. The van der Waals surface area contributed by atoms with Crippen molar-refractivity contribution in [2.45, 2.75) is 22.8 Å². The first kappa shape index (κ1) is 16.0. The van der Waals surface area contributed by atoms with Crippen LogP contribution in [0.1, 0.15) is 18.5 Å². The molecule has 3 heterocycles. The molecule has 0 spiro atoms. The third kappa shape index (κ3) is 2.48. The van der Waals surface area contributed by atoms with E-state index in [1.54, 1.807) is 24.8 Å². The molecule has 134 valence electrons. The number of aromatic nitrogens is 2. The van der Waals surface area contributed by atoms with Gasteiger partial charge in [-0.3, -0.25) is 0 Å². The number of nitrogens with zero attached hydrogens (tertiary/aromatic N) is 2. The Bertz CT molecular complexity index is 1090. The van der Waals surface area contributed by atoms with E-state index in [9.17, 15) is 9.59 Å². The van der Waals surface area contributed by atoms with Crippen molar-refractivity contribution in [2.24, 2.45) is 0 Å². The van der Waals surface area contributed by atoms with Crippen LogP contribution in [0.2, 0.25) is 0 Å². The van der Waals surface area contributed by atoms with E-state index >= 15 is 0 Å². The highest BCUT2D eigenvalue weighted by Crippen LogP contribution is 2.54. The summed E-state index contributed by atoms with van der Waals surface area (Å²) in [7, 11) is 0. The Labute approximate surface area is 158 Å². The summed E-state index contributed by atoms with van der Waals surface area (Å²) in [5, 5.41) is 3.34. The van der Waals surface area contributed by atoms with Gasteiger partial charge in [-0.1, -0.05) is 23.9 Å². The Morgan fingerprint density at radius 1 is 1.15 bits per heavy atom. The van der Waals surface area contributed by atoms with Crippen molar-refractivity contribution >= 4 is 35.1 Å². The number of carbonyl (C=O) groups is 2. The largest absolute Gasteiger partial charge is 0.423 e. The fraction of sp³-hybridized carbons (Fsp3) is 0.105. The standard InChI is InChI=1S/C19H13N3O4S/c1-10(22-7-6-20-9-22)15-12-8-14-16(17(15)26-19(24)18(23)25-12)21-11-4-2-3-5-13(11)27-14/h2-10,21H,1H3. The highest BCUT2D eigenvalue weighted by molar-refractivity contribution is 7.99. The zero-order chi connectivity index (χ0) is 18.5. The third-order valence-electron chi connectivity index (χ3n) is 4.57. The number of anilines is 2. The Kier molecular flexibility index (Phi) is 3.48. The second-order valence-electron chi connectivity index (χ2n) is 6.18. The lowest BCUT2D eigenvalue weighted by Gasteiger charge is -2.26. The number of benzene rings is 2. The van der Waals surface area contributed by atoms with Crippen LogP contribution in [0.5, 0.6) is 11.5 Å². The summed E-state index contributed by atoms with van der Waals surface area (Å²) >= 11 is 1.53. The van der Waals surface area contributed by atoms with Gasteiger partial charge in [0.1, 0.15) is 5.75 Å². The van der Waals surface area contributed by atoms with Crippen LogP contribution >= 0.6 is 11.8 Å². The molecule has 0 fully saturated rings. The van der Waals surface area contributed by atoms with Gasteiger partial charge in [0, 0.05) is 22.2 Å². The molecule has 1 unspecified atom stereocenters. The first-order valence-corrected chi connectivity index (χ1v) is 9.09. The minimum absolute atomic E-state index is 0.259. The molecular weight excluding hydrogens is 366 g/mol. The van der Waals surface area contributed by atoms with Gasteiger partial charge >= 0.3 is 11.9 Å². The number of esters is 2. The van der Waals surface area contributed by atoms with Gasteiger partial charge in [0.05, 0.1) is 29.3 Å². The Balaban J connectivity index is 1.73. The van der Waals surface area contributed by atoms with E-state index in [1.165, 1.54) is 11.8 Å². The molecule has 0 aliphatic carbocycles. The summed E-state index contributed by atoms with van der Waals surface area (Å²) in [4.78, 5) is 30.0. The van der Waals surface area contributed by atoms with Crippen LogP contribution in [-0.4, -0.2) is 21.5 Å². The number of para-hydroxylation sites is 1. The van der Waals surface area contributed by atoms with Crippen LogP contribution < -0.4 is 14.8 Å². The minimum Gasteiger partial charge on any atom is -0.418 e. The molecule has 0 saturated carbocycles. The van der Waals surface area contributed by atoms with E-state index < -0.39 is 11.9 Å². The van der Waals surface area contributed by atoms with Gasteiger partial charge in [0.25, 0.3) is 0 Å². The third-order valence-corrected chi connectivity index (χ3v) is 5.68. The average Bonchev–Trinajstić information content (AvgIpc) is 3.18. The van der Waals surface area contributed by atoms with Crippen molar-refractivity contribution in [1.29, 1.82) is 0 Å². The lowest BCUT2D eigenvalue weighted by molar-refractivity contribution is -0.155. The minimum atomic E-state index is -1.04. The second-order valence-corrected chi connectivity index (χ2v) is 7.26. The van der Waals surface area contributed by atoms with Gasteiger partial charge in [-0.15, -0.1) is 0 Å². The second kappa shape index (κ2) is 5.88. The molecule has 1 aromatic heterocycles. The van der Waals surface area contributed by atoms with Gasteiger partial charge < -0.3 is 19.4 Å². The summed E-state index contributed by atoms with van der Waals surface area (Å²) < 4.78 is 12.7. The molecule has 5 rings (SSSR count). The van der Waals surface area contributed by atoms with E-state index in [0.29, 0.717) is 22.7 Å². The molecule has 7 nitrogen and oxygen atoms in total. The van der Waals surface area contributed by atoms with Gasteiger partial charge in [-0.05, 0) is 25.1 Å². The number of carbonyl (C=O) groups excluding carboxylic acids is 2. The molecule has 0 amide bonds. The highest BCUT2D eigenvalue weighted by atomic mass is 32.2. The van der Waals surface area contributed by atoms with Crippen molar-refractivity contribution in [1.82, 2.24) is 9.55 Å². The molecule has 2 bridgehead atoms. The summed E-state index contributed by atoms with van der Waals surface area (Å²) in [6, 6.07) is 9.34. The Morgan fingerprint density at radius 3 is 2.78 bits per heavy atom. The maximum absolute atomic E-state index is 12.1. The van der Waals surface area contributed by atoms with Crippen molar-refractivity contribution in [3.63, 3.8) is 0 Å². The zero-order valence-corrected chi connectivity index (χ0v) is 14.9. The van der Waals surface area contributed by atoms with Crippen molar-refractivity contribution in [3.05, 3.63) is 54.6 Å². The lowest BCUT2D eigenvalue weighted by atomic mass is 10.0. The van der Waals surface area contributed by atoms with Crippen LogP contribution in [0.4, 0.5) is 11.4 Å². The van der Waals surface area contributed by atoms with Crippen LogP contribution in [0.3, 0.4) is 0 Å². The van der Waals surface area contributed by atoms with Crippen molar-refractivity contribution in [3.8, 4) is 11.5 Å². The summed E-state index contributed by atoms with van der Waals surface area (Å²) in [6.07, 6.45) is 5.13. The zero-order valence-electron chi connectivity index (χ0n) is 14.1. The molecule has 2 aliphatic rings. The number of fused-ring (bicyclic) bond motifs is 5. The first-order chi connectivity index (χ1) is 13.1. The average molecular weight is 379 g/mol. The molecule has 1 atom stereocenters. The molecular formula is C19H13N3O4S. The molecule has 27 heavy (non-hydrogen) atoms. The van der Waals surface area contributed by atoms with Gasteiger partial charge in [-0.25, -0.2) is 14.6 Å². The number of imidazole rings is 1. The highest BCUT2D eigenvalue weighted by Gasteiger charge is 2.35. The SMILES string of the molecule is CC(c1c2cc3c(c1OC(=O)C(=O)O2)Nc1ccccc1S3)n1ccnc1. The fourth-order valence-electron chi connectivity index (χ4n) is 3.25. The lowest BCUT2D eigenvalue weighted by Crippen LogP contribution is -2.23. The summed E-state index contributed by atoms with van der Waals surface area (Å²) in [6.45, 7) is 1.92. The van der Waals surface area contributed by atoms with Gasteiger partial charge in [0.2, 0.25) is 0 Å². The van der Waals surface area contributed by atoms with Crippen molar-refractivity contribution < 1.29 is 19.1 Å².